The number of anilines is 1. The first-order valence-electron chi connectivity index (χ1n) is 9.72. The van der Waals surface area contributed by atoms with Gasteiger partial charge in [0.15, 0.2) is 18.1 Å². The Labute approximate surface area is 196 Å². The predicted octanol–water partition coefficient (Wildman–Crippen LogP) is 3.55. The molecule has 0 aromatic heterocycles. The number of rotatable bonds is 6. The summed E-state index contributed by atoms with van der Waals surface area (Å²) in [7, 11) is 3.71. The average molecular weight is 539 g/mol. The Balaban J connectivity index is 1.67. The summed E-state index contributed by atoms with van der Waals surface area (Å²) in [4.78, 5) is 17.6. The molecule has 30 heavy (non-hydrogen) atoms. The molecule has 0 aliphatic carbocycles. The van der Waals surface area contributed by atoms with Crippen LogP contribution in [0.5, 0.6) is 11.5 Å². The quantitative estimate of drug-likeness (QED) is 0.448. The van der Waals surface area contributed by atoms with Gasteiger partial charge in [-0.05, 0) is 60.8 Å². The van der Waals surface area contributed by atoms with E-state index in [0.717, 1.165) is 51.6 Å². The van der Waals surface area contributed by atoms with Crippen LogP contribution in [-0.2, 0) is 4.79 Å². The standard InChI is InChI=1S/C22H26IN3O3S/c1-15-4-6-17(7-5-15)24-20(27)14-29-21-18(23)12-16(13-19(21)28-3)22(30)26-10-8-25(2)9-11-26/h4-7,12-13H,8-11,14H2,1-3H3,(H,24,27). The minimum atomic E-state index is -0.228. The average Bonchev–Trinajstić information content (AvgIpc) is 2.74. The highest BCUT2D eigenvalue weighted by Gasteiger charge is 2.21. The lowest BCUT2D eigenvalue weighted by molar-refractivity contribution is -0.118. The van der Waals surface area contributed by atoms with E-state index in [2.05, 4.69) is 44.8 Å². The Kier molecular flexibility index (Phi) is 7.90. The van der Waals surface area contributed by atoms with E-state index in [1.807, 2.05) is 43.3 Å². The van der Waals surface area contributed by atoms with Gasteiger partial charge in [0.1, 0.15) is 4.99 Å². The van der Waals surface area contributed by atoms with Crippen LogP contribution in [0.15, 0.2) is 36.4 Å². The number of hydrogen-bond donors (Lipinski definition) is 1. The summed E-state index contributed by atoms with van der Waals surface area (Å²) in [6.45, 7) is 5.69. The van der Waals surface area contributed by atoms with Crippen LogP contribution in [0.25, 0.3) is 0 Å². The molecule has 1 amide bonds. The Hall–Kier alpha value is -1.91. The number of carbonyl (C=O) groups excluding carboxylic acids is 1. The molecular formula is C22H26IN3O3S. The molecule has 1 saturated heterocycles. The van der Waals surface area contributed by atoms with Crippen LogP contribution in [0.4, 0.5) is 5.69 Å². The summed E-state index contributed by atoms with van der Waals surface area (Å²) >= 11 is 7.91. The van der Waals surface area contributed by atoms with Gasteiger partial charge in [0.05, 0.1) is 10.7 Å². The molecule has 2 aromatic carbocycles. The summed E-state index contributed by atoms with van der Waals surface area (Å²) in [5, 5.41) is 2.83. The summed E-state index contributed by atoms with van der Waals surface area (Å²) in [5.41, 5.74) is 2.80. The van der Waals surface area contributed by atoms with Crippen molar-refractivity contribution < 1.29 is 14.3 Å². The van der Waals surface area contributed by atoms with Crippen LogP contribution in [0.3, 0.4) is 0 Å². The highest BCUT2D eigenvalue weighted by Crippen LogP contribution is 2.34. The normalized spacial score (nSPS) is 14.3. The fraction of sp³-hybridized carbons (Fsp3) is 0.364. The molecule has 1 aliphatic rings. The van der Waals surface area contributed by atoms with Gasteiger partial charge in [-0.1, -0.05) is 29.9 Å². The van der Waals surface area contributed by atoms with Gasteiger partial charge in [-0.2, -0.15) is 0 Å². The van der Waals surface area contributed by atoms with Gasteiger partial charge >= 0.3 is 0 Å². The van der Waals surface area contributed by atoms with E-state index in [9.17, 15) is 4.79 Å². The van der Waals surface area contributed by atoms with Crippen molar-refractivity contribution in [3.63, 3.8) is 0 Å². The molecule has 1 N–H and O–H groups in total. The number of benzene rings is 2. The molecule has 160 valence electrons. The molecule has 0 atom stereocenters. The lowest BCUT2D eigenvalue weighted by Crippen LogP contribution is -2.46. The monoisotopic (exact) mass is 539 g/mol. The maximum atomic E-state index is 12.3. The fourth-order valence-corrected chi connectivity index (χ4v) is 4.20. The second kappa shape index (κ2) is 10.4. The lowest BCUT2D eigenvalue weighted by Gasteiger charge is -2.34. The summed E-state index contributed by atoms with van der Waals surface area (Å²) in [5.74, 6) is 0.882. The number of likely N-dealkylation sites (N-methyl/N-ethyl adjacent to an activating group) is 1. The smallest absolute Gasteiger partial charge is 0.262 e. The van der Waals surface area contributed by atoms with E-state index < -0.39 is 0 Å². The topological polar surface area (TPSA) is 54.0 Å². The van der Waals surface area contributed by atoms with Gasteiger partial charge < -0.3 is 24.6 Å². The van der Waals surface area contributed by atoms with E-state index in [4.69, 9.17) is 21.7 Å². The number of aryl methyl sites for hydroxylation is 1. The third-order valence-corrected chi connectivity index (χ3v) is 6.25. The molecule has 0 spiro atoms. The number of methoxy groups -OCH3 is 1. The summed E-state index contributed by atoms with van der Waals surface area (Å²) in [6, 6.07) is 11.5. The summed E-state index contributed by atoms with van der Waals surface area (Å²) in [6.07, 6.45) is 0. The van der Waals surface area contributed by atoms with Crippen molar-refractivity contribution >= 4 is 51.4 Å². The van der Waals surface area contributed by atoms with Gasteiger partial charge in [-0.3, -0.25) is 4.79 Å². The SMILES string of the molecule is COc1cc(C(=S)N2CCN(C)CC2)cc(I)c1OCC(=O)Nc1ccc(C)cc1. The summed E-state index contributed by atoms with van der Waals surface area (Å²) < 4.78 is 12.2. The molecule has 1 aliphatic heterocycles. The van der Waals surface area contributed by atoms with Crippen LogP contribution < -0.4 is 14.8 Å². The minimum absolute atomic E-state index is 0.109. The number of piperazine rings is 1. The highest BCUT2D eigenvalue weighted by molar-refractivity contribution is 14.1. The van der Waals surface area contributed by atoms with Crippen LogP contribution in [0.1, 0.15) is 11.1 Å². The number of ether oxygens (including phenoxy) is 2. The maximum Gasteiger partial charge on any atom is 0.262 e. The second-order valence-corrected chi connectivity index (χ2v) is 8.84. The molecule has 2 aromatic rings. The van der Waals surface area contributed by atoms with Gasteiger partial charge in [0, 0.05) is 37.4 Å². The minimum Gasteiger partial charge on any atom is -0.493 e. The fourth-order valence-electron chi connectivity index (χ4n) is 3.15. The van der Waals surface area contributed by atoms with Gasteiger partial charge in [0.25, 0.3) is 5.91 Å². The first-order valence-corrected chi connectivity index (χ1v) is 11.2. The number of thiocarbonyl (C=S) groups is 1. The van der Waals surface area contributed by atoms with E-state index in [1.165, 1.54) is 0 Å². The van der Waals surface area contributed by atoms with Crippen molar-refractivity contribution in [2.24, 2.45) is 0 Å². The Bertz CT molecular complexity index is 913. The van der Waals surface area contributed by atoms with Gasteiger partial charge in [0.2, 0.25) is 0 Å². The number of hydrogen-bond acceptors (Lipinski definition) is 5. The Morgan fingerprint density at radius 2 is 1.83 bits per heavy atom. The molecule has 0 saturated carbocycles. The zero-order chi connectivity index (χ0) is 21.7. The van der Waals surface area contributed by atoms with Crippen molar-refractivity contribution in [3.8, 4) is 11.5 Å². The van der Waals surface area contributed by atoms with Crippen LogP contribution in [-0.4, -0.2) is 67.6 Å². The van der Waals surface area contributed by atoms with Crippen molar-refractivity contribution in [3.05, 3.63) is 51.1 Å². The predicted molar refractivity (Wildman–Crippen MR) is 132 cm³/mol. The van der Waals surface area contributed by atoms with Gasteiger partial charge in [-0.25, -0.2) is 0 Å². The van der Waals surface area contributed by atoms with Gasteiger partial charge in [-0.15, -0.1) is 0 Å². The molecule has 0 bridgehead atoms. The number of carbonyl (C=O) groups is 1. The van der Waals surface area contributed by atoms with E-state index in [1.54, 1.807) is 7.11 Å². The van der Waals surface area contributed by atoms with Crippen LogP contribution in [0, 0.1) is 10.5 Å². The van der Waals surface area contributed by atoms with Crippen LogP contribution in [0.2, 0.25) is 0 Å². The molecule has 3 rings (SSSR count). The van der Waals surface area contributed by atoms with E-state index >= 15 is 0 Å². The second-order valence-electron chi connectivity index (χ2n) is 7.29. The number of amides is 1. The highest BCUT2D eigenvalue weighted by atomic mass is 127. The molecule has 8 heteroatoms. The third kappa shape index (κ3) is 5.83. The lowest BCUT2D eigenvalue weighted by atomic mass is 10.1. The van der Waals surface area contributed by atoms with Crippen molar-refractivity contribution in [1.29, 1.82) is 0 Å². The number of nitrogens with zero attached hydrogens (tertiary/aromatic N) is 2. The zero-order valence-electron chi connectivity index (χ0n) is 17.4. The Morgan fingerprint density at radius 3 is 2.47 bits per heavy atom. The Morgan fingerprint density at radius 1 is 1.17 bits per heavy atom. The van der Waals surface area contributed by atoms with E-state index in [0.29, 0.717) is 11.5 Å². The molecule has 6 nitrogen and oxygen atoms in total. The van der Waals surface area contributed by atoms with E-state index in [-0.39, 0.29) is 12.5 Å². The van der Waals surface area contributed by atoms with Crippen molar-refractivity contribution in [2.45, 2.75) is 6.92 Å². The molecule has 0 radical (unpaired) electrons. The zero-order valence-corrected chi connectivity index (χ0v) is 20.4. The molecule has 1 fully saturated rings. The van der Waals surface area contributed by atoms with Crippen LogP contribution >= 0.6 is 34.8 Å². The first-order chi connectivity index (χ1) is 14.4. The maximum absolute atomic E-state index is 12.3. The molecule has 1 heterocycles. The molecule has 0 unspecified atom stereocenters. The number of nitrogens with one attached hydrogen (secondary N) is 1. The molecular weight excluding hydrogens is 513 g/mol. The third-order valence-electron chi connectivity index (χ3n) is 4.95. The van der Waals surface area contributed by atoms with Crippen molar-refractivity contribution in [1.82, 2.24) is 9.80 Å². The number of halogens is 1. The van der Waals surface area contributed by atoms with Crippen molar-refractivity contribution in [2.75, 3.05) is 52.3 Å². The first kappa shape index (κ1) is 22.8. The largest absolute Gasteiger partial charge is 0.493 e.